The Morgan fingerprint density at radius 2 is 2.33 bits per heavy atom. The highest BCUT2D eigenvalue weighted by atomic mass is 32.1. The summed E-state index contributed by atoms with van der Waals surface area (Å²) in [4.78, 5) is 15.4. The number of Topliss-reactive ketones (excluding diaryl/α,β-unsaturated/α-hetero) is 1. The molecule has 1 aromatic rings. The van der Waals surface area contributed by atoms with Crippen molar-refractivity contribution >= 4 is 17.1 Å². The fourth-order valence-corrected chi connectivity index (χ4v) is 1.70. The van der Waals surface area contributed by atoms with Gasteiger partial charge in [0, 0.05) is 17.7 Å². The molecule has 3 heteroatoms. The fourth-order valence-electron chi connectivity index (χ4n) is 0.862. The number of nitrogens with zero attached hydrogens (tertiary/aromatic N) is 1. The van der Waals surface area contributed by atoms with E-state index in [0.717, 1.165) is 5.01 Å². The lowest BCUT2D eigenvalue weighted by atomic mass is 10.2. The molecule has 0 bridgehead atoms. The molecule has 0 unspecified atom stereocenters. The van der Waals surface area contributed by atoms with E-state index in [1.807, 2.05) is 12.3 Å². The van der Waals surface area contributed by atoms with E-state index in [1.54, 1.807) is 11.3 Å². The maximum absolute atomic E-state index is 11.2. The largest absolute Gasteiger partial charge is 0.292 e. The van der Waals surface area contributed by atoms with Gasteiger partial charge < -0.3 is 0 Å². The van der Waals surface area contributed by atoms with Crippen molar-refractivity contribution in [1.29, 1.82) is 0 Å². The highest BCUT2D eigenvalue weighted by Crippen LogP contribution is 2.19. The van der Waals surface area contributed by atoms with Crippen LogP contribution in [0.1, 0.15) is 48.6 Å². The second kappa shape index (κ2) is 3.81. The van der Waals surface area contributed by atoms with E-state index < -0.39 is 0 Å². The molecule has 1 rings (SSSR count). The monoisotopic (exact) mass is 183 g/mol. The van der Waals surface area contributed by atoms with E-state index in [9.17, 15) is 4.79 Å². The standard InChI is InChI=1S/C9H13NOS/c1-4-8(11)7-5-12-9(10-7)6(2)3/h5-6H,4H2,1-3H3. The molecule has 2 nitrogen and oxygen atoms in total. The van der Waals surface area contributed by atoms with Crippen molar-refractivity contribution in [2.75, 3.05) is 0 Å². The summed E-state index contributed by atoms with van der Waals surface area (Å²) in [5.41, 5.74) is 0.631. The maximum Gasteiger partial charge on any atom is 0.181 e. The Morgan fingerprint density at radius 3 is 2.75 bits per heavy atom. The SMILES string of the molecule is CCC(=O)c1csc(C(C)C)n1. The predicted octanol–water partition coefficient (Wildman–Crippen LogP) is 2.86. The van der Waals surface area contributed by atoms with E-state index in [4.69, 9.17) is 0 Å². The molecule has 0 aliphatic rings. The quantitative estimate of drug-likeness (QED) is 0.674. The maximum atomic E-state index is 11.2. The van der Waals surface area contributed by atoms with Crippen LogP contribution in [-0.4, -0.2) is 10.8 Å². The molecule has 12 heavy (non-hydrogen) atoms. The summed E-state index contributed by atoms with van der Waals surface area (Å²) in [6, 6.07) is 0. The number of hydrogen-bond donors (Lipinski definition) is 0. The molecule has 0 fully saturated rings. The summed E-state index contributed by atoms with van der Waals surface area (Å²) in [7, 11) is 0. The van der Waals surface area contributed by atoms with Crippen LogP contribution in [0.15, 0.2) is 5.38 Å². The number of aromatic nitrogens is 1. The Kier molecular flexibility index (Phi) is 2.98. The zero-order valence-electron chi connectivity index (χ0n) is 7.63. The zero-order chi connectivity index (χ0) is 9.14. The molecule has 0 aliphatic carbocycles. The average Bonchev–Trinajstić information content (AvgIpc) is 2.51. The van der Waals surface area contributed by atoms with Gasteiger partial charge in [0.15, 0.2) is 5.78 Å². The molecule has 0 aliphatic heterocycles. The van der Waals surface area contributed by atoms with Crippen LogP contribution in [0.25, 0.3) is 0 Å². The Hall–Kier alpha value is -0.700. The average molecular weight is 183 g/mol. The van der Waals surface area contributed by atoms with Crippen LogP contribution in [0.2, 0.25) is 0 Å². The molecular formula is C9H13NOS. The molecule has 1 aromatic heterocycles. The van der Waals surface area contributed by atoms with Crippen LogP contribution in [0, 0.1) is 0 Å². The Morgan fingerprint density at radius 1 is 1.67 bits per heavy atom. The number of ketones is 1. The Labute approximate surface area is 76.6 Å². The highest BCUT2D eigenvalue weighted by molar-refractivity contribution is 7.09. The summed E-state index contributed by atoms with van der Waals surface area (Å²) in [6.07, 6.45) is 0.543. The first-order valence-corrected chi connectivity index (χ1v) is 5.01. The van der Waals surface area contributed by atoms with E-state index in [-0.39, 0.29) is 5.78 Å². The van der Waals surface area contributed by atoms with E-state index in [2.05, 4.69) is 18.8 Å². The predicted molar refractivity (Wildman–Crippen MR) is 50.8 cm³/mol. The second-order valence-corrected chi connectivity index (χ2v) is 3.89. The molecule has 66 valence electrons. The van der Waals surface area contributed by atoms with E-state index in [0.29, 0.717) is 18.0 Å². The van der Waals surface area contributed by atoms with Crippen LogP contribution in [0.5, 0.6) is 0 Å². The third kappa shape index (κ3) is 1.91. The molecule has 0 saturated carbocycles. The zero-order valence-corrected chi connectivity index (χ0v) is 8.44. The van der Waals surface area contributed by atoms with Crippen LogP contribution in [0.3, 0.4) is 0 Å². The number of rotatable bonds is 3. The Balaban J connectivity index is 2.84. The number of hydrogen-bond acceptors (Lipinski definition) is 3. The van der Waals surface area contributed by atoms with Crippen molar-refractivity contribution in [2.24, 2.45) is 0 Å². The van der Waals surface area contributed by atoms with Crippen LogP contribution >= 0.6 is 11.3 Å². The smallest absolute Gasteiger partial charge is 0.181 e. The summed E-state index contributed by atoms with van der Waals surface area (Å²) in [5, 5.41) is 2.90. The van der Waals surface area contributed by atoms with E-state index >= 15 is 0 Å². The van der Waals surface area contributed by atoms with Gasteiger partial charge in [-0.2, -0.15) is 0 Å². The van der Waals surface area contributed by atoms with Crippen molar-refractivity contribution in [3.8, 4) is 0 Å². The molecule has 0 aromatic carbocycles. The summed E-state index contributed by atoms with van der Waals surface area (Å²) in [5.74, 6) is 0.562. The third-order valence-corrected chi connectivity index (χ3v) is 2.77. The van der Waals surface area contributed by atoms with Gasteiger partial charge in [0.2, 0.25) is 0 Å². The van der Waals surface area contributed by atoms with Crippen LogP contribution in [-0.2, 0) is 0 Å². The van der Waals surface area contributed by atoms with Crippen molar-refractivity contribution < 1.29 is 4.79 Å². The van der Waals surface area contributed by atoms with Gasteiger partial charge in [-0.1, -0.05) is 20.8 Å². The van der Waals surface area contributed by atoms with Gasteiger partial charge in [-0.15, -0.1) is 11.3 Å². The van der Waals surface area contributed by atoms with Gasteiger partial charge in [0.1, 0.15) is 5.69 Å². The third-order valence-electron chi connectivity index (χ3n) is 1.62. The van der Waals surface area contributed by atoms with Gasteiger partial charge in [-0.3, -0.25) is 4.79 Å². The topological polar surface area (TPSA) is 30.0 Å². The van der Waals surface area contributed by atoms with Gasteiger partial charge >= 0.3 is 0 Å². The van der Waals surface area contributed by atoms with Crippen molar-refractivity contribution in [2.45, 2.75) is 33.1 Å². The lowest BCUT2D eigenvalue weighted by Gasteiger charge is -1.95. The first-order chi connectivity index (χ1) is 5.65. The molecular weight excluding hydrogens is 170 g/mol. The lowest BCUT2D eigenvalue weighted by molar-refractivity contribution is 0.0984. The minimum absolute atomic E-state index is 0.137. The lowest BCUT2D eigenvalue weighted by Crippen LogP contribution is -1.97. The molecule has 0 amide bonds. The molecule has 0 spiro atoms. The van der Waals surface area contributed by atoms with Gasteiger partial charge in [0.25, 0.3) is 0 Å². The number of thiazole rings is 1. The first kappa shape index (κ1) is 9.39. The number of carbonyl (C=O) groups excluding carboxylic acids is 1. The van der Waals surface area contributed by atoms with Crippen LogP contribution in [0.4, 0.5) is 0 Å². The van der Waals surface area contributed by atoms with Gasteiger partial charge in [-0.05, 0) is 0 Å². The minimum Gasteiger partial charge on any atom is -0.292 e. The summed E-state index contributed by atoms with van der Waals surface area (Å²) >= 11 is 1.57. The minimum atomic E-state index is 0.137. The molecule has 1 heterocycles. The van der Waals surface area contributed by atoms with Crippen LogP contribution < -0.4 is 0 Å². The summed E-state index contributed by atoms with van der Waals surface area (Å²) < 4.78 is 0. The highest BCUT2D eigenvalue weighted by Gasteiger charge is 2.09. The summed E-state index contributed by atoms with van der Waals surface area (Å²) in [6.45, 7) is 6.02. The van der Waals surface area contributed by atoms with Crippen molar-refractivity contribution in [3.63, 3.8) is 0 Å². The number of carbonyl (C=O) groups is 1. The van der Waals surface area contributed by atoms with E-state index in [1.165, 1.54) is 0 Å². The molecule has 0 radical (unpaired) electrons. The fraction of sp³-hybridized carbons (Fsp3) is 0.556. The van der Waals surface area contributed by atoms with Gasteiger partial charge in [0.05, 0.1) is 5.01 Å². The molecule has 0 N–H and O–H groups in total. The van der Waals surface area contributed by atoms with Crippen molar-refractivity contribution in [3.05, 3.63) is 16.1 Å². The van der Waals surface area contributed by atoms with Crippen molar-refractivity contribution in [1.82, 2.24) is 4.98 Å². The molecule has 0 saturated heterocycles. The first-order valence-electron chi connectivity index (χ1n) is 4.13. The van der Waals surface area contributed by atoms with Gasteiger partial charge in [-0.25, -0.2) is 4.98 Å². The Bertz CT molecular complexity index is 278. The molecule has 0 atom stereocenters. The normalized spacial score (nSPS) is 10.7. The second-order valence-electron chi connectivity index (χ2n) is 3.00.